The van der Waals surface area contributed by atoms with Crippen LogP contribution in [0.4, 0.5) is 5.82 Å². The zero-order valence-electron chi connectivity index (χ0n) is 10.9. The molecule has 0 amide bonds. The zero-order valence-corrected chi connectivity index (χ0v) is 10.9. The summed E-state index contributed by atoms with van der Waals surface area (Å²) >= 11 is 0. The van der Waals surface area contributed by atoms with E-state index in [2.05, 4.69) is 10.5 Å². The molecule has 2 aromatic rings. The summed E-state index contributed by atoms with van der Waals surface area (Å²) in [4.78, 5) is 23.2. The first-order chi connectivity index (χ1) is 8.99. The molecule has 2 heterocycles. The summed E-state index contributed by atoms with van der Waals surface area (Å²) in [6.07, 6.45) is 1.47. The number of nitrogens with zero attached hydrogens (tertiary/aromatic N) is 3. The molecule has 0 atom stereocenters. The molecule has 7 heteroatoms. The Balaban J connectivity index is 2.23. The van der Waals surface area contributed by atoms with Crippen LogP contribution in [-0.2, 0) is 14.1 Å². The minimum Gasteiger partial charge on any atom is -0.460 e. The van der Waals surface area contributed by atoms with Crippen LogP contribution in [0.15, 0.2) is 37.3 Å². The second-order valence-corrected chi connectivity index (χ2v) is 4.09. The topological polar surface area (TPSA) is 81.5 Å². The molecule has 0 fully saturated rings. The summed E-state index contributed by atoms with van der Waals surface area (Å²) in [6, 6.07) is 4.88. The van der Waals surface area contributed by atoms with Crippen LogP contribution in [0.2, 0.25) is 0 Å². The van der Waals surface area contributed by atoms with E-state index in [1.165, 1.54) is 23.9 Å². The molecule has 0 radical (unpaired) electrons. The van der Waals surface area contributed by atoms with Gasteiger partial charge in [-0.3, -0.25) is 19.4 Å². The molecule has 2 rings (SSSR count). The molecule has 0 aliphatic heterocycles. The lowest BCUT2D eigenvalue weighted by molar-refractivity contribution is 0.528. The van der Waals surface area contributed by atoms with E-state index >= 15 is 0 Å². The highest BCUT2D eigenvalue weighted by Crippen LogP contribution is 2.03. The van der Waals surface area contributed by atoms with Crippen LogP contribution in [0, 0.1) is 6.92 Å². The highest BCUT2D eigenvalue weighted by Gasteiger charge is 2.04. The van der Waals surface area contributed by atoms with Gasteiger partial charge in [0.2, 0.25) is 0 Å². The number of anilines is 1. The van der Waals surface area contributed by atoms with Gasteiger partial charge in [-0.1, -0.05) is 0 Å². The molecule has 2 aromatic heterocycles. The summed E-state index contributed by atoms with van der Waals surface area (Å²) < 4.78 is 7.61. The third kappa shape index (κ3) is 2.65. The molecule has 100 valence electrons. The van der Waals surface area contributed by atoms with E-state index in [9.17, 15) is 9.59 Å². The van der Waals surface area contributed by atoms with E-state index in [-0.39, 0.29) is 0 Å². The summed E-state index contributed by atoms with van der Waals surface area (Å²) in [6.45, 7) is 1.83. The predicted octanol–water partition coefficient (Wildman–Crippen LogP) is 0.431. The quantitative estimate of drug-likeness (QED) is 0.642. The number of aromatic nitrogens is 2. The van der Waals surface area contributed by atoms with Crippen molar-refractivity contribution in [3.05, 3.63) is 50.6 Å². The Morgan fingerprint density at radius 1 is 1.26 bits per heavy atom. The van der Waals surface area contributed by atoms with Crippen molar-refractivity contribution in [3.63, 3.8) is 0 Å². The molecular weight excluding hydrogens is 248 g/mol. The Bertz CT molecular complexity index is 736. The monoisotopic (exact) mass is 262 g/mol. The van der Waals surface area contributed by atoms with Crippen LogP contribution in [0.1, 0.15) is 11.5 Å². The first-order valence-electron chi connectivity index (χ1n) is 5.61. The molecule has 1 N–H and O–H groups in total. The molecule has 0 saturated carbocycles. The van der Waals surface area contributed by atoms with E-state index < -0.39 is 11.2 Å². The van der Waals surface area contributed by atoms with E-state index in [0.29, 0.717) is 11.6 Å². The molecule has 0 bridgehead atoms. The second kappa shape index (κ2) is 4.97. The largest absolute Gasteiger partial charge is 0.460 e. The molecule has 0 aliphatic carbocycles. The highest BCUT2D eigenvalue weighted by molar-refractivity contribution is 5.76. The van der Waals surface area contributed by atoms with Crippen LogP contribution in [0.3, 0.4) is 0 Å². The highest BCUT2D eigenvalue weighted by atomic mass is 16.3. The Morgan fingerprint density at radius 3 is 2.63 bits per heavy atom. The third-order valence-corrected chi connectivity index (χ3v) is 2.66. The van der Waals surface area contributed by atoms with Gasteiger partial charge >= 0.3 is 5.69 Å². The molecule has 0 aliphatic rings. The van der Waals surface area contributed by atoms with Gasteiger partial charge in [0, 0.05) is 20.2 Å². The van der Waals surface area contributed by atoms with Gasteiger partial charge in [0.15, 0.2) is 0 Å². The van der Waals surface area contributed by atoms with Crippen molar-refractivity contribution in [1.82, 2.24) is 9.13 Å². The van der Waals surface area contributed by atoms with Crippen molar-refractivity contribution in [2.24, 2.45) is 19.2 Å². The number of furan rings is 1. The van der Waals surface area contributed by atoms with Gasteiger partial charge in [-0.05, 0) is 19.1 Å². The summed E-state index contributed by atoms with van der Waals surface area (Å²) in [5.74, 6) is 1.67. The Morgan fingerprint density at radius 2 is 2.00 bits per heavy atom. The standard InChI is InChI=1S/C12H14N4O3/c1-8-4-5-9(19-8)7-13-14-10-6-11(17)16(3)12(18)15(10)2/h4-7,14H,1-3H3. The molecule has 7 nitrogen and oxygen atoms in total. The maximum absolute atomic E-state index is 11.7. The average Bonchev–Trinajstić information content (AvgIpc) is 2.79. The van der Waals surface area contributed by atoms with Crippen LogP contribution >= 0.6 is 0 Å². The predicted molar refractivity (Wildman–Crippen MR) is 71.6 cm³/mol. The lowest BCUT2D eigenvalue weighted by Crippen LogP contribution is -2.37. The van der Waals surface area contributed by atoms with Gasteiger partial charge in [-0.2, -0.15) is 5.10 Å². The molecule has 0 aromatic carbocycles. The second-order valence-electron chi connectivity index (χ2n) is 4.09. The van der Waals surface area contributed by atoms with Crippen molar-refractivity contribution in [3.8, 4) is 0 Å². The lowest BCUT2D eigenvalue weighted by Gasteiger charge is -2.07. The normalized spacial score (nSPS) is 11.1. The van der Waals surface area contributed by atoms with Gasteiger partial charge in [0.1, 0.15) is 17.3 Å². The zero-order chi connectivity index (χ0) is 14.0. The number of hydrazone groups is 1. The van der Waals surface area contributed by atoms with Gasteiger partial charge < -0.3 is 4.42 Å². The number of hydrogen-bond acceptors (Lipinski definition) is 5. The molecule has 0 saturated heterocycles. The van der Waals surface area contributed by atoms with Crippen LogP contribution in [-0.4, -0.2) is 15.3 Å². The van der Waals surface area contributed by atoms with Crippen molar-refractivity contribution in [1.29, 1.82) is 0 Å². The molecule has 0 spiro atoms. The van der Waals surface area contributed by atoms with E-state index in [0.717, 1.165) is 10.3 Å². The van der Waals surface area contributed by atoms with Crippen molar-refractivity contribution < 1.29 is 4.42 Å². The van der Waals surface area contributed by atoms with Crippen LogP contribution in [0.25, 0.3) is 0 Å². The SMILES string of the molecule is Cc1ccc(C=NNc2cc(=O)n(C)c(=O)n2C)o1. The smallest absolute Gasteiger partial charge is 0.332 e. The fourth-order valence-corrected chi connectivity index (χ4v) is 1.53. The average molecular weight is 262 g/mol. The fourth-order valence-electron chi connectivity index (χ4n) is 1.53. The summed E-state index contributed by atoms with van der Waals surface area (Å²) in [7, 11) is 2.97. The van der Waals surface area contributed by atoms with Crippen LogP contribution in [0.5, 0.6) is 0 Å². The maximum Gasteiger partial charge on any atom is 0.332 e. The minimum atomic E-state index is -0.418. The maximum atomic E-state index is 11.7. The fraction of sp³-hybridized carbons (Fsp3) is 0.250. The molecule has 0 unspecified atom stereocenters. The number of aryl methyl sites for hydroxylation is 1. The number of hydrogen-bond donors (Lipinski definition) is 1. The molecular formula is C12H14N4O3. The number of rotatable bonds is 3. The van der Waals surface area contributed by atoms with Gasteiger partial charge in [0.05, 0.1) is 6.21 Å². The Labute approximate surface area is 108 Å². The van der Waals surface area contributed by atoms with Gasteiger partial charge in [-0.15, -0.1) is 0 Å². The Kier molecular flexibility index (Phi) is 3.37. The van der Waals surface area contributed by atoms with Gasteiger partial charge in [-0.25, -0.2) is 4.79 Å². The van der Waals surface area contributed by atoms with E-state index in [1.54, 1.807) is 13.1 Å². The van der Waals surface area contributed by atoms with Gasteiger partial charge in [0.25, 0.3) is 5.56 Å². The lowest BCUT2D eigenvalue weighted by atomic mass is 10.4. The van der Waals surface area contributed by atoms with Crippen molar-refractivity contribution in [2.75, 3.05) is 5.43 Å². The van der Waals surface area contributed by atoms with E-state index in [1.807, 2.05) is 13.0 Å². The number of nitrogens with one attached hydrogen (secondary N) is 1. The first-order valence-corrected chi connectivity index (χ1v) is 5.61. The Hall–Kier alpha value is -2.57. The molecule has 19 heavy (non-hydrogen) atoms. The first kappa shape index (κ1) is 12.9. The summed E-state index contributed by atoms with van der Waals surface area (Å²) in [5.41, 5.74) is 1.83. The van der Waals surface area contributed by atoms with Crippen LogP contribution < -0.4 is 16.7 Å². The van der Waals surface area contributed by atoms with Crippen molar-refractivity contribution in [2.45, 2.75) is 6.92 Å². The summed E-state index contributed by atoms with van der Waals surface area (Å²) in [5, 5.41) is 3.92. The minimum absolute atomic E-state index is 0.313. The van der Waals surface area contributed by atoms with E-state index in [4.69, 9.17) is 4.42 Å². The third-order valence-electron chi connectivity index (χ3n) is 2.66. The van der Waals surface area contributed by atoms with Crippen molar-refractivity contribution >= 4 is 12.0 Å².